The minimum Gasteiger partial charge on any atom is -0.493 e. The molecule has 0 unspecified atom stereocenters. The van der Waals surface area contributed by atoms with E-state index in [0.29, 0.717) is 25.4 Å². The van der Waals surface area contributed by atoms with Gasteiger partial charge in [0.05, 0.1) is 11.5 Å². The van der Waals surface area contributed by atoms with Gasteiger partial charge in [0, 0.05) is 6.54 Å². The van der Waals surface area contributed by atoms with Gasteiger partial charge in [-0.25, -0.2) is 13.1 Å². The summed E-state index contributed by atoms with van der Waals surface area (Å²) in [6.45, 7) is 1.55. The predicted octanol–water partition coefficient (Wildman–Crippen LogP) is 2.69. The monoisotopic (exact) mass is 362 g/mol. The van der Waals surface area contributed by atoms with Gasteiger partial charge in [0.2, 0.25) is 10.0 Å². The van der Waals surface area contributed by atoms with E-state index in [1.807, 2.05) is 0 Å². The van der Waals surface area contributed by atoms with E-state index in [-0.39, 0.29) is 17.3 Å². The lowest BCUT2D eigenvalue weighted by Crippen LogP contribution is -2.26. The van der Waals surface area contributed by atoms with Crippen molar-refractivity contribution in [3.63, 3.8) is 0 Å². The second kappa shape index (κ2) is 10.1. The van der Waals surface area contributed by atoms with Crippen molar-refractivity contribution in [2.45, 2.75) is 43.4 Å². The summed E-state index contributed by atoms with van der Waals surface area (Å²) in [6, 6.07) is 6.61. The SMILES string of the molecule is Cl.NCCCNS(=O)(=O)c1ccc(OCC2CCCCC2)cc1. The molecule has 0 saturated heterocycles. The number of hydrogen-bond acceptors (Lipinski definition) is 4. The smallest absolute Gasteiger partial charge is 0.240 e. The van der Waals surface area contributed by atoms with Crippen molar-refractivity contribution in [2.24, 2.45) is 11.7 Å². The highest BCUT2D eigenvalue weighted by Crippen LogP contribution is 2.25. The Kier molecular flexibility index (Phi) is 8.91. The zero-order valence-corrected chi connectivity index (χ0v) is 15.0. The quantitative estimate of drug-likeness (QED) is 0.696. The average Bonchev–Trinajstić information content (AvgIpc) is 2.54. The first-order chi connectivity index (χ1) is 10.6. The molecule has 1 saturated carbocycles. The maximum Gasteiger partial charge on any atom is 0.240 e. The van der Waals surface area contributed by atoms with Crippen LogP contribution in [0.25, 0.3) is 0 Å². The van der Waals surface area contributed by atoms with Gasteiger partial charge in [-0.3, -0.25) is 0 Å². The largest absolute Gasteiger partial charge is 0.493 e. The van der Waals surface area contributed by atoms with Crippen LogP contribution in [-0.4, -0.2) is 28.1 Å². The van der Waals surface area contributed by atoms with Crippen molar-refractivity contribution in [1.29, 1.82) is 0 Å². The van der Waals surface area contributed by atoms with Crippen molar-refractivity contribution in [2.75, 3.05) is 19.7 Å². The number of rotatable bonds is 8. The van der Waals surface area contributed by atoms with E-state index in [4.69, 9.17) is 10.5 Å². The Morgan fingerprint density at radius 1 is 1.13 bits per heavy atom. The summed E-state index contributed by atoms with van der Waals surface area (Å²) in [5, 5.41) is 0. The maximum atomic E-state index is 12.0. The molecule has 132 valence electrons. The molecule has 1 aliphatic carbocycles. The van der Waals surface area contributed by atoms with Crippen molar-refractivity contribution in [3.8, 4) is 5.75 Å². The average molecular weight is 363 g/mol. The molecule has 3 N–H and O–H groups in total. The van der Waals surface area contributed by atoms with Gasteiger partial charge in [-0.05, 0) is 56.0 Å². The Hall–Kier alpha value is -0.820. The molecule has 0 radical (unpaired) electrons. The Labute approximate surface area is 145 Å². The number of benzene rings is 1. The summed E-state index contributed by atoms with van der Waals surface area (Å²) in [5.74, 6) is 1.36. The molecule has 1 aliphatic rings. The third-order valence-corrected chi connectivity index (χ3v) is 5.49. The minimum atomic E-state index is -3.45. The number of hydrogen-bond donors (Lipinski definition) is 2. The summed E-state index contributed by atoms with van der Waals surface area (Å²) in [6.07, 6.45) is 7.01. The van der Waals surface area contributed by atoms with Gasteiger partial charge >= 0.3 is 0 Å². The van der Waals surface area contributed by atoms with E-state index in [0.717, 1.165) is 12.4 Å². The molecular weight excluding hydrogens is 336 g/mol. The fourth-order valence-corrected chi connectivity index (χ4v) is 3.75. The standard InChI is InChI=1S/C16H26N2O3S.ClH/c17-11-4-12-18-22(19,20)16-9-7-15(8-10-16)21-13-14-5-2-1-3-6-14;/h7-10,14,18H,1-6,11-13,17H2;1H. The summed E-state index contributed by atoms with van der Waals surface area (Å²) < 4.78 is 32.4. The molecule has 5 nitrogen and oxygen atoms in total. The molecule has 23 heavy (non-hydrogen) atoms. The van der Waals surface area contributed by atoms with Crippen LogP contribution in [0.4, 0.5) is 0 Å². The molecule has 0 bridgehead atoms. The van der Waals surface area contributed by atoms with E-state index >= 15 is 0 Å². The molecule has 0 atom stereocenters. The van der Waals surface area contributed by atoms with E-state index in [2.05, 4.69) is 4.72 Å². The van der Waals surface area contributed by atoms with Crippen LogP contribution >= 0.6 is 12.4 Å². The minimum absolute atomic E-state index is 0. The van der Waals surface area contributed by atoms with Gasteiger partial charge in [0.1, 0.15) is 5.75 Å². The number of sulfonamides is 1. The summed E-state index contributed by atoms with van der Waals surface area (Å²) >= 11 is 0. The first-order valence-electron chi connectivity index (χ1n) is 8.04. The van der Waals surface area contributed by atoms with Crippen LogP contribution in [0.5, 0.6) is 5.75 Å². The van der Waals surface area contributed by atoms with E-state index in [1.165, 1.54) is 32.1 Å². The molecule has 0 aliphatic heterocycles. The van der Waals surface area contributed by atoms with Gasteiger partial charge in [-0.1, -0.05) is 19.3 Å². The van der Waals surface area contributed by atoms with Crippen molar-refractivity contribution >= 4 is 22.4 Å². The van der Waals surface area contributed by atoms with Crippen LogP contribution in [0, 0.1) is 5.92 Å². The predicted molar refractivity (Wildman–Crippen MR) is 94.6 cm³/mol. The van der Waals surface area contributed by atoms with Crippen molar-refractivity contribution < 1.29 is 13.2 Å². The Bertz CT molecular complexity index is 543. The van der Waals surface area contributed by atoms with Gasteiger partial charge in [0.15, 0.2) is 0 Å². The summed E-state index contributed by atoms with van der Waals surface area (Å²) in [7, 11) is -3.45. The Morgan fingerprint density at radius 3 is 2.39 bits per heavy atom. The number of ether oxygens (including phenoxy) is 1. The fourth-order valence-electron chi connectivity index (χ4n) is 2.67. The van der Waals surface area contributed by atoms with E-state index in [1.54, 1.807) is 24.3 Å². The maximum absolute atomic E-state index is 12.0. The number of nitrogens with one attached hydrogen (secondary N) is 1. The Morgan fingerprint density at radius 2 is 1.78 bits per heavy atom. The molecule has 0 heterocycles. The van der Waals surface area contributed by atoms with Crippen LogP contribution in [0.3, 0.4) is 0 Å². The van der Waals surface area contributed by atoms with Gasteiger partial charge in [-0.15, -0.1) is 12.4 Å². The van der Waals surface area contributed by atoms with Crippen LogP contribution in [-0.2, 0) is 10.0 Å². The lowest BCUT2D eigenvalue weighted by atomic mass is 9.90. The zero-order valence-electron chi connectivity index (χ0n) is 13.4. The second-order valence-corrected chi connectivity index (χ2v) is 7.59. The van der Waals surface area contributed by atoms with Crippen LogP contribution in [0.1, 0.15) is 38.5 Å². The lowest BCUT2D eigenvalue weighted by Gasteiger charge is -2.21. The molecule has 7 heteroatoms. The van der Waals surface area contributed by atoms with Crippen LogP contribution < -0.4 is 15.2 Å². The zero-order chi connectivity index (χ0) is 15.8. The van der Waals surface area contributed by atoms with Crippen LogP contribution in [0.2, 0.25) is 0 Å². The topological polar surface area (TPSA) is 81.4 Å². The van der Waals surface area contributed by atoms with E-state index < -0.39 is 10.0 Å². The molecular formula is C16H27ClN2O3S. The first kappa shape index (κ1) is 20.2. The number of nitrogens with two attached hydrogens (primary N) is 1. The van der Waals surface area contributed by atoms with Crippen LogP contribution in [0.15, 0.2) is 29.2 Å². The number of halogens is 1. The highest BCUT2D eigenvalue weighted by molar-refractivity contribution is 7.89. The third-order valence-electron chi connectivity index (χ3n) is 4.02. The molecule has 0 spiro atoms. The first-order valence-corrected chi connectivity index (χ1v) is 9.53. The molecule has 1 aromatic carbocycles. The molecule has 1 fully saturated rings. The second-order valence-electron chi connectivity index (χ2n) is 5.83. The highest BCUT2D eigenvalue weighted by atomic mass is 35.5. The van der Waals surface area contributed by atoms with Gasteiger partial charge < -0.3 is 10.5 Å². The third kappa shape index (κ3) is 6.67. The summed E-state index contributed by atoms with van der Waals surface area (Å²) in [4.78, 5) is 0.259. The fraction of sp³-hybridized carbons (Fsp3) is 0.625. The summed E-state index contributed by atoms with van der Waals surface area (Å²) in [5.41, 5.74) is 5.36. The molecule has 0 amide bonds. The highest BCUT2D eigenvalue weighted by Gasteiger charge is 2.15. The molecule has 2 rings (SSSR count). The molecule has 1 aromatic rings. The Balaban J connectivity index is 0.00000264. The van der Waals surface area contributed by atoms with Crippen molar-refractivity contribution in [3.05, 3.63) is 24.3 Å². The lowest BCUT2D eigenvalue weighted by molar-refractivity contribution is 0.209. The van der Waals surface area contributed by atoms with Gasteiger partial charge in [0.25, 0.3) is 0 Å². The van der Waals surface area contributed by atoms with Gasteiger partial charge in [-0.2, -0.15) is 0 Å². The normalized spacial score (nSPS) is 15.9. The van der Waals surface area contributed by atoms with Crippen molar-refractivity contribution in [1.82, 2.24) is 4.72 Å². The van der Waals surface area contributed by atoms with E-state index in [9.17, 15) is 8.42 Å². The molecule has 0 aromatic heterocycles.